The van der Waals surface area contributed by atoms with E-state index in [2.05, 4.69) is 15.6 Å². The number of amides is 2. The molecule has 2 amide bonds. The number of aromatic nitrogens is 1. The lowest BCUT2D eigenvalue weighted by Crippen LogP contribution is -2.24. The number of nitrogens with zero attached hydrogens (tertiary/aromatic N) is 1. The molecular weight excluding hydrogens is 454 g/mol. The topological polar surface area (TPSA) is 71.1 Å². The van der Waals surface area contributed by atoms with E-state index in [9.17, 15) is 9.59 Å². The molecule has 1 fully saturated rings. The minimum absolute atomic E-state index is 0.0910. The first kappa shape index (κ1) is 23.2. The monoisotopic (exact) mass is 483 g/mol. The summed E-state index contributed by atoms with van der Waals surface area (Å²) in [5.41, 5.74) is 5.68. The molecule has 1 heterocycles. The zero-order valence-corrected chi connectivity index (χ0v) is 20.7. The maximum absolute atomic E-state index is 12.8. The maximum Gasteiger partial charge on any atom is 0.251 e. The van der Waals surface area contributed by atoms with Crippen LogP contribution >= 0.6 is 11.3 Å². The van der Waals surface area contributed by atoms with Crippen molar-refractivity contribution in [2.45, 2.75) is 45.6 Å². The highest BCUT2D eigenvalue weighted by atomic mass is 32.1. The van der Waals surface area contributed by atoms with Gasteiger partial charge < -0.3 is 10.6 Å². The number of aryl methyl sites for hydroxylation is 1. The predicted molar refractivity (Wildman–Crippen MR) is 143 cm³/mol. The molecule has 0 radical (unpaired) electrons. The van der Waals surface area contributed by atoms with Crippen LogP contribution in [0, 0.1) is 12.8 Å². The Hall–Kier alpha value is -3.51. The number of carbonyl (C=O) groups is 2. The van der Waals surface area contributed by atoms with E-state index in [1.54, 1.807) is 0 Å². The van der Waals surface area contributed by atoms with Crippen molar-refractivity contribution in [3.05, 3.63) is 83.4 Å². The normalized spacial score (nSPS) is 14.1. The molecule has 1 aromatic heterocycles. The van der Waals surface area contributed by atoms with Crippen LogP contribution < -0.4 is 10.6 Å². The van der Waals surface area contributed by atoms with Crippen molar-refractivity contribution in [1.29, 1.82) is 0 Å². The van der Waals surface area contributed by atoms with Gasteiger partial charge in [0.15, 0.2) is 5.13 Å². The van der Waals surface area contributed by atoms with E-state index >= 15 is 0 Å². The Morgan fingerprint density at radius 1 is 0.943 bits per heavy atom. The molecule has 1 aliphatic carbocycles. The summed E-state index contributed by atoms with van der Waals surface area (Å²) in [6.45, 7) is 2.54. The van der Waals surface area contributed by atoms with E-state index in [0.29, 0.717) is 17.2 Å². The molecule has 0 bridgehead atoms. The Balaban J connectivity index is 1.29. The first-order valence-corrected chi connectivity index (χ1v) is 13.0. The van der Waals surface area contributed by atoms with Gasteiger partial charge in [-0.2, -0.15) is 0 Å². The number of hydrogen-bond acceptors (Lipinski definition) is 4. The van der Waals surface area contributed by atoms with Gasteiger partial charge in [0.25, 0.3) is 5.91 Å². The molecular formula is C29H29N3O2S. The number of anilines is 1. The van der Waals surface area contributed by atoms with E-state index in [-0.39, 0.29) is 17.7 Å². The number of rotatable bonds is 6. The van der Waals surface area contributed by atoms with Gasteiger partial charge in [0.05, 0.1) is 10.2 Å². The highest BCUT2D eigenvalue weighted by Gasteiger charge is 2.22. The van der Waals surface area contributed by atoms with Crippen LogP contribution in [-0.4, -0.2) is 16.8 Å². The Morgan fingerprint density at radius 3 is 2.51 bits per heavy atom. The largest absolute Gasteiger partial charge is 0.348 e. The molecule has 2 N–H and O–H groups in total. The third-order valence-electron chi connectivity index (χ3n) is 6.63. The van der Waals surface area contributed by atoms with E-state index < -0.39 is 0 Å². The van der Waals surface area contributed by atoms with Crippen LogP contribution in [0.2, 0.25) is 0 Å². The molecule has 1 aliphatic rings. The summed E-state index contributed by atoms with van der Waals surface area (Å²) in [5.74, 6) is 0.0921. The SMILES string of the molecule is Cc1ccc(CNC(=O)c2cccc(-c3ccc4sc(NC(=O)C5CCCCC5)nc4c3)c2)cc1. The standard InChI is InChI=1S/C29H29N3O2S/c1-19-10-12-20(13-11-19)18-30-27(33)24-9-5-8-22(16-24)23-14-15-26-25(17-23)31-29(35-26)32-28(34)21-6-3-2-4-7-21/h5,8-17,21H,2-4,6-7,18H2,1H3,(H,30,33)(H,31,32,34). The quantitative estimate of drug-likeness (QED) is 0.320. The van der Waals surface area contributed by atoms with Crippen LogP contribution in [0.1, 0.15) is 53.6 Å². The number of hydrogen-bond donors (Lipinski definition) is 2. The van der Waals surface area contributed by atoms with Gasteiger partial charge in [0.1, 0.15) is 0 Å². The second kappa shape index (κ2) is 10.4. The van der Waals surface area contributed by atoms with Gasteiger partial charge in [0.2, 0.25) is 5.91 Å². The number of carbonyl (C=O) groups excluding carboxylic acids is 2. The van der Waals surface area contributed by atoms with Crippen molar-refractivity contribution in [3.8, 4) is 11.1 Å². The maximum atomic E-state index is 12.8. The molecule has 0 spiro atoms. The Labute approximate surface area is 209 Å². The fraction of sp³-hybridized carbons (Fsp3) is 0.276. The van der Waals surface area contributed by atoms with Gasteiger partial charge in [0, 0.05) is 18.0 Å². The number of benzene rings is 3. The molecule has 1 saturated carbocycles. The van der Waals surface area contributed by atoms with Gasteiger partial charge in [-0.25, -0.2) is 4.98 Å². The number of nitrogens with one attached hydrogen (secondary N) is 2. The van der Waals surface area contributed by atoms with Crippen molar-refractivity contribution >= 4 is 38.5 Å². The summed E-state index contributed by atoms with van der Waals surface area (Å²) in [6.07, 6.45) is 5.42. The van der Waals surface area contributed by atoms with Crippen LogP contribution in [0.25, 0.3) is 21.3 Å². The third kappa shape index (κ3) is 5.60. The van der Waals surface area contributed by atoms with Crippen LogP contribution in [0.5, 0.6) is 0 Å². The molecule has 0 unspecified atom stereocenters. The number of fused-ring (bicyclic) bond motifs is 1. The first-order valence-electron chi connectivity index (χ1n) is 12.2. The third-order valence-corrected chi connectivity index (χ3v) is 7.58. The molecule has 5 nitrogen and oxygen atoms in total. The zero-order chi connectivity index (χ0) is 24.2. The Bertz CT molecular complexity index is 1350. The minimum Gasteiger partial charge on any atom is -0.348 e. The van der Waals surface area contributed by atoms with Crippen molar-refractivity contribution in [3.63, 3.8) is 0 Å². The van der Waals surface area contributed by atoms with Crippen LogP contribution in [0.15, 0.2) is 66.7 Å². The van der Waals surface area contributed by atoms with Gasteiger partial charge in [-0.1, -0.05) is 78.6 Å². The van der Waals surface area contributed by atoms with E-state index in [4.69, 9.17) is 0 Å². The Morgan fingerprint density at radius 2 is 1.71 bits per heavy atom. The Kier molecular flexibility index (Phi) is 6.91. The van der Waals surface area contributed by atoms with E-state index in [0.717, 1.165) is 52.6 Å². The predicted octanol–water partition coefficient (Wildman–Crippen LogP) is 6.72. The van der Waals surface area contributed by atoms with Gasteiger partial charge >= 0.3 is 0 Å². The van der Waals surface area contributed by atoms with Crippen molar-refractivity contribution in [2.75, 3.05) is 5.32 Å². The van der Waals surface area contributed by atoms with Crippen LogP contribution in [0.4, 0.5) is 5.13 Å². The molecule has 6 heteroatoms. The molecule has 178 valence electrons. The smallest absolute Gasteiger partial charge is 0.251 e. The van der Waals surface area contributed by atoms with Crippen LogP contribution in [0.3, 0.4) is 0 Å². The highest BCUT2D eigenvalue weighted by Crippen LogP contribution is 2.32. The average Bonchev–Trinajstić information content (AvgIpc) is 3.30. The van der Waals surface area contributed by atoms with Gasteiger partial charge in [-0.15, -0.1) is 0 Å². The molecule has 0 atom stereocenters. The number of thiazole rings is 1. The summed E-state index contributed by atoms with van der Waals surface area (Å²) in [6, 6.07) is 21.9. The summed E-state index contributed by atoms with van der Waals surface area (Å²) < 4.78 is 1.03. The van der Waals surface area contributed by atoms with Crippen LogP contribution in [-0.2, 0) is 11.3 Å². The molecule has 35 heavy (non-hydrogen) atoms. The highest BCUT2D eigenvalue weighted by molar-refractivity contribution is 7.22. The first-order chi connectivity index (χ1) is 17.0. The summed E-state index contributed by atoms with van der Waals surface area (Å²) in [4.78, 5) is 30.0. The van der Waals surface area contributed by atoms with E-state index in [1.165, 1.54) is 23.3 Å². The second-order valence-corrected chi connectivity index (χ2v) is 10.3. The molecule has 4 aromatic rings. The summed E-state index contributed by atoms with van der Waals surface area (Å²) >= 11 is 1.50. The van der Waals surface area contributed by atoms with E-state index in [1.807, 2.05) is 73.7 Å². The lowest BCUT2D eigenvalue weighted by Gasteiger charge is -2.19. The van der Waals surface area contributed by atoms with Crippen molar-refractivity contribution in [1.82, 2.24) is 10.3 Å². The fourth-order valence-electron chi connectivity index (χ4n) is 4.56. The fourth-order valence-corrected chi connectivity index (χ4v) is 5.41. The zero-order valence-electron chi connectivity index (χ0n) is 19.8. The molecule has 0 aliphatic heterocycles. The lowest BCUT2D eigenvalue weighted by atomic mass is 9.89. The average molecular weight is 484 g/mol. The summed E-state index contributed by atoms with van der Waals surface area (Å²) in [5, 5.41) is 6.68. The minimum atomic E-state index is -0.102. The molecule has 5 rings (SSSR count). The molecule has 0 saturated heterocycles. The van der Waals surface area contributed by atoms with Crippen molar-refractivity contribution in [2.24, 2.45) is 5.92 Å². The molecule has 3 aromatic carbocycles. The summed E-state index contributed by atoms with van der Waals surface area (Å²) in [7, 11) is 0. The van der Waals surface area contributed by atoms with Crippen molar-refractivity contribution < 1.29 is 9.59 Å². The lowest BCUT2D eigenvalue weighted by molar-refractivity contribution is -0.120. The van der Waals surface area contributed by atoms with Gasteiger partial charge in [-0.3, -0.25) is 9.59 Å². The second-order valence-electron chi connectivity index (χ2n) is 9.27. The van der Waals surface area contributed by atoms with Gasteiger partial charge in [-0.05, 0) is 60.7 Å².